The summed E-state index contributed by atoms with van der Waals surface area (Å²) in [4.78, 5) is 18.4. The van der Waals surface area contributed by atoms with Crippen molar-refractivity contribution in [3.63, 3.8) is 0 Å². The zero-order valence-electron chi connectivity index (χ0n) is 14.5. The van der Waals surface area contributed by atoms with E-state index in [9.17, 15) is 9.18 Å². The highest BCUT2D eigenvalue weighted by atomic mass is 32.1. The fraction of sp³-hybridized carbons (Fsp3) is 0.368. The standard InChI is InChI=1S/C19H22FN3OS/c1-3-4-5-6-11-21-18(24)17-13(2)23-12-16(22-19(23)25-17)14-7-9-15(20)10-8-14/h7-10,12H,3-6,11H2,1-2H3,(H,21,24). The lowest BCUT2D eigenvalue weighted by Crippen LogP contribution is -2.24. The van der Waals surface area contributed by atoms with Crippen LogP contribution in [-0.2, 0) is 0 Å². The van der Waals surface area contributed by atoms with Crippen molar-refractivity contribution in [2.24, 2.45) is 0 Å². The van der Waals surface area contributed by atoms with Crippen molar-refractivity contribution in [3.8, 4) is 11.3 Å². The second-order valence-electron chi connectivity index (χ2n) is 6.12. The average Bonchev–Trinajstić information content (AvgIpc) is 3.15. The minimum Gasteiger partial charge on any atom is -0.351 e. The van der Waals surface area contributed by atoms with Crippen LogP contribution >= 0.6 is 11.3 Å². The third-order valence-corrected chi connectivity index (χ3v) is 5.37. The summed E-state index contributed by atoms with van der Waals surface area (Å²) in [5.74, 6) is -0.299. The SMILES string of the molecule is CCCCCCNC(=O)c1sc2nc(-c3ccc(F)cc3)cn2c1C. The number of amides is 1. The molecule has 0 aliphatic rings. The Hall–Kier alpha value is -2.21. The minimum atomic E-state index is -0.265. The van der Waals surface area contributed by atoms with Crippen molar-refractivity contribution >= 4 is 22.2 Å². The molecule has 0 aliphatic heterocycles. The molecular formula is C19H22FN3OS. The first-order chi connectivity index (χ1) is 12.1. The molecule has 6 heteroatoms. The first-order valence-corrected chi connectivity index (χ1v) is 9.44. The molecule has 132 valence electrons. The number of nitrogens with one attached hydrogen (secondary N) is 1. The number of nitrogens with zero attached hydrogens (tertiary/aromatic N) is 2. The number of unbranched alkanes of at least 4 members (excludes halogenated alkanes) is 3. The smallest absolute Gasteiger partial charge is 0.263 e. The van der Waals surface area contributed by atoms with E-state index in [1.807, 2.05) is 17.5 Å². The Morgan fingerprint density at radius 3 is 2.68 bits per heavy atom. The van der Waals surface area contributed by atoms with E-state index in [-0.39, 0.29) is 11.7 Å². The Labute approximate surface area is 150 Å². The number of rotatable bonds is 7. The second kappa shape index (κ2) is 7.78. The van der Waals surface area contributed by atoms with Crippen LogP contribution in [0.1, 0.15) is 48.0 Å². The van der Waals surface area contributed by atoms with Gasteiger partial charge in [0, 0.05) is 24.0 Å². The van der Waals surface area contributed by atoms with Crippen LogP contribution in [0.15, 0.2) is 30.5 Å². The van der Waals surface area contributed by atoms with Gasteiger partial charge in [0.1, 0.15) is 10.7 Å². The number of aryl methyl sites for hydroxylation is 1. The molecule has 0 saturated heterocycles. The molecule has 4 nitrogen and oxygen atoms in total. The Morgan fingerprint density at radius 1 is 1.24 bits per heavy atom. The number of hydrogen-bond donors (Lipinski definition) is 1. The first-order valence-electron chi connectivity index (χ1n) is 8.62. The van der Waals surface area contributed by atoms with Gasteiger partial charge in [0.05, 0.1) is 5.69 Å². The van der Waals surface area contributed by atoms with E-state index in [0.717, 1.165) is 34.8 Å². The molecule has 3 rings (SSSR count). The van der Waals surface area contributed by atoms with Gasteiger partial charge in [-0.1, -0.05) is 37.5 Å². The number of benzene rings is 1. The van der Waals surface area contributed by atoms with Crippen molar-refractivity contribution in [3.05, 3.63) is 46.9 Å². The van der Waals surface area contributed by atoms with Crippen LogP contribution < -0.4 is 5.32 Å². The zero-order chi connectivity index (χ0) is 17.8. The molecule has 0 saturated carbocycles. The number of carbonyl (C=O) groups excluding carboxylic acids is 1. The predicted octanol–water partition coefficient (Wildman–Crippen LogP) is 4.82. The zero-order valence-corrected chi connectivity index (χ0v) is 15.3. The highest BCUT2D eigenvalue weighted by Crippen LogP contribution is 2.27. The van der Waals surface area contributed by atoms with E-state index >= 15 is 0 Å². The van der Waals surface area contributed by atoms with E-state index in [4.69, 9.17) is 0 Å². The van der Waals surface area contributed by atoms with Gasteiger partial charge < -0.3 is 5.32 Å². The molecule has 2 aromatic heterocycles. The van der Waals surface area contributed by atoms with Gasteiger partial charge in [0.15, 0.2) is 4.96 Å². The van der Waals surface area contributed by atoms with Crippen LogP contribution in [-0.4, -0.2) is 21.8 Å². The topological polar surface area (TPSA) is 46.4 Å². The van der Waals surface area contributed by atoms with E-state index in [2.05, 4.69) is 17.2 Å². The van der Waals surface area contributed by atoms with Gasteiger partial charge in [-0.25, -0.2) is 9.37 Å². The summed E-state index contributed by atoms with van der Waals surface area (Å²) in [7, 11) is 0. The highest BCUT2D eigenvalue weighted by molar-refractivity contribution is 7.19. The van der Waals surface area contributed by atoms with Crippen LogP contribution in [0.5, 0.6) is 0 Å². The van der Waals surface area contributed by atoms with Gasteiger partial charge >= 0.3 is 0 Å². The molecule has 0 spiro atoms. The van der Waals surface area contributed by atoms with E-state index in [1.165, 1.54) is 36.3 Å². The molecule has 0 unspecified atom stereocenters. The summed E-state index contributed by atoms with van der Waals surface area (Å²) >= 11 is 1.38. The fourth-order valence-corrected chi connectivity index (χ4v) is 3.78. The molecule has 0 fully saturated rings. The van der Waals surface area contributed by atoms with Crippen LogP contribution in [0.25, 0.3) is 16.2 Å². The van der Waals surface area contributed by atoms with Crippen molar-refractivity contribution in [2.75, 3.05) is 6.54 Å². The fourth-order valence-electron chi connectivity index (χ4n) is 2.75. The van der Waals surface area contributed by atoms with Crippen LogP contribution in [0.4, 0.5) is 4.39 Å². The third kappa shape index (κ3) is 3.90. The van der Waals surface area contributed by atoms with Gasteiger partial charge in [-0.2, -0.15) is 0 Å². The quantitative estimate of drug-likeness (QED) is 0.615. The Kier molecular flexibility index (Phi) is 5.48. The summed E-state index contributed by atoms with van der Waals surface area (Å²) in [6, 6.07) is 6.27. The molecule has 0 aliphatic carbocycles. The maximum absolute atomic E-state index is 13.1. The summed E-state index contributed by atoms with van der Waals surface area (Å²) in [6.45, 7) is 4.80. The van der Waals surface area contributed by atoms with Gasteiger partial charge in [-0.05, 0) is 37.6 Å². The van der Waals surface area contributed by atoms with Crippen molar-refractivity contribution in [1.29, 1.82) is 0 Å². The Bertz CT molecular complexity index is 867. The highest BCUT2D eigenvalue weighted by Gasteiger charge is 2.17. The Morgan fingerprint density at radius 2 is 2.00 bits per heavy atom. The Balaban J connectivity index is 1.73. The van der Waals surface area contributed by atoms with Gasteiger partial charge in [-0.3, -0.25) is 9.20 Å². The van der Waals surface area contributed by atoms with Crippen LogP contribution in [0.3, 0.4) is 0 Å². The molecule has 25 heavy (non-hydrogen) atoms. The number of hydrogen-bond acceptors (Lipinski definition) is 3. The van der Waals surface area contributed by atoms with E-state index < -0.39 is 0 Å². The second-order valence-corrected chi connectivity index (χ2v) is 7.10. The number of thiazole rings is 1. The third-order valence-electron chi connectivity index (χ3n) is 4.22. The van der Waals surface area contributed by atoms with Crippen LogP contribution in [0.2, 0.25) is 0 Å². The molecule has 0 atom stereocenters. The molecule has 2 heterocycles. The molecular weight excluding hydrogens is 337 g/mol. The summed E-state index contributed by atoms with van der Waals surface area (Å²) in [6.07, 6.45) is 6.44. The molecule has 0 bridgehead atoms. The largest absolute Gasteiger partial charge is 0.351 e. The molecule has 1 aromatic carbocycles. The lowest BCUT2D eigenvalue weighted by Gasteiger charge is -2.04. The normalized spacial score (nSPS) is 11.2. The average molecular weight is 359 g/mol. The van der Waals surface area contributed by atoms with E-state index in [1.54, 1.807) is 12.1 Å². The minimum absolute atomic E-state index is 0.0344. The van der Waals surface area contributed by atoms with Gasteiger partial charge in [-0.15, -0.1) is 0 Å². The van der Waals surface area contributed by atoms with Crippen molar-refractivity contribution in [2.45, 2.75) is 39.5 Å². The summed E-state index contributed by atoms with van der Waals surface area (Å²) in [5, 5.41) is 2.99. The maximum Gasteiger partial charge on any atom is 0.263 e. The van der Waals surface area contributed by atoms with Crippen molar-refractivity contribution < 1.29 is 9.18 Å². The molecule has 1 amide bonds. The molecule has 1 N–H and O–H groups in total. The number of halogens is 1. The number of imidazole rings is 1. The van der Waals surface area contributed by atoms with E-state index in [0.29, 0.717) is 11.4 Å². The number of carbonyl (C=O) groups is 1. The van der Waals surface area contributed by atoms with Crippen molar-refractivity contribution in [1.82, 2.24) is 14.7 Å². The summed E-state index contributed by atoms with van der Waals surface area (Å²) in [5.41, 5.74) is 2.52. The van der Waals surface area contributed by atoms with Crippen LogP contribution in [0, 0.1) is 12.7 Å². The van der Waals surface area contributed by atoms with Gasteiger partial charge in [0.2, 0.25) is 0 Å². The predicted molar refractivity (Wildman–Crippen MR) is 99.7 cm³/mol. The lowest BCUT2D eigenvalue weighted by molar-refractivity contribution is 0.0956. The maximum atomic E-state index is 13.1. The first kappa shape index (κ1) is 17.6. The molecule has 3 aromatic rings. The van der Waals surface area contributed by atoms with Gasteiger partial charge in [0.25, 0.3) is 5.91 Å². The number of fused-ring (bicyclic) bond motifs is 1. The number of aromatic nitrogens is 2. The lowest BCUT2D eigenvalue weighted by atomic mass is 10.2. The summed E-state index contributed by atoms with van der Waals surface area (Å²) < 4.78 is 15.0. The molecule has 0 radical (unpaired) electrons. The monoisotopic (exact) mass is 359 g/mol.